The lowest BCUT2D eigenvalue weighted by molar-refractivity contribution is -0.116. The van der Waals surface area contributed by atoms with Gasteiger partial charge in [-0.25, -0.2) is 4.98 Å². The molecule has 2 rings (SSSR count). The third-order valence-electron chi connectivity index (χ3n) is 3.46. The number of aromatic nitrogens is 1. The lowest BCUT2D eigenvalue weighted by Gasteiger charge is -2.14. The molecule has 5 heteroatoms. The highest BCUT2D eigenvalue weighted by atomic mass is 32.1. The fourth-order valence-corrected chi connectivity index (χ4v) is 3.00. The Morgan fingerprint density at radius 1 is 1.67 bits per heavy atom. The van der Waals surface area contributed by atoms with E-state index in [9.17, 15) is 4.79 Å². The Labute approximate surface area is 112 Å². The largest absolute Gasteiger partial charge is 0.311 e. The SMILES string of the molecule is CCN(C(C)=O)c1nc(CNCC2CC2C)cs1. The Kier molecular flexibility index (Phi) is 4.35. The van der Waals surface area contributed by atoms with Gasteiger partial charge in [-0.3, -0.25) is 9.69 Å². The molecule has 1 fully saturated rings. The van der Waals surface area contributed by atoms with Gasteiger partial charge in [0.15, 0.2) is 5.13 Å². The Hall–Kier alpha value is -0.940. The van der Waals surface area contributed by atoms with Crippen molar-refractivity contribution in [3.8, 4) is 0 Å². The Morgan fingerprint density at radius 2 is 2.39 bits per heavy atom. The first-order valence-corrected chi connectivity index (χ1v) is 7.43. The summed E-state index contributed by atoms with van der Waals surface area (Å²) in [6, 6.07) is 0. The Bertz CT molecular complexity index is 418. The Morgan fingerprint density at radius 3 is 2.94 bits per heavy atom. The van der Waals surface area contributed by atoms with Gasteiger partial charge in [0.2, 0.25) is 5.91 Å². The predicted octanol–water partition coefficient (Wildman–Crippen LogP) is 2.26. The highest BCUT2D eigenvalue weighted by molar-refractivity contribution is 7.14. The molecule has 1 aliphatic rings. The highest BCUT2D eigenvalue weighted by Gasteiger charge is 2.31. The second-order valence-electron chi connectivity index (χ2n) is 4.99. The molecule has 1 amide bonds. The number of hydrogen-bond acceptors (Lipinski definition) is 4. The zero-order valence-corrected chi connectivity index (χ0v) is 12.1. The third-order valence-corrected chi connectivity index (χ3v) is 4.37. The van der Waals surface area contributed by atoms with Crippen LogP contribution < -0.4 is 10.2 Å². The highest BCUT2D eigenvalue weighted by Crippen LogP contribution is 2.36. The molecule has 2 unspecified atom stereocenters. The number of nitrogens with zero attached hydrogens (tertiary/aromatic N) is 2. The number of amides is 1. The molecule has 100 valence electrons. The number of carbonyl (C=O) groups is 1. The summed E-state index contributed by atoms with van der Waals surface area (Å²) in [4.78, 5) is 17.6. The van der Waals surface area contributed by atoms with Crippen LogP contribution in [0.1, 0.15) is 32.9 Å². The summed E-state index contributed by atoms with van der Waals surface area (Å²) < 4.78 is 0. The lowest BCUT2D eigenvalue weighted by atomic mass is 10.3. The van der Waals surface area contributed by atoms with Crippen molar-refractivity contribution in [1.29, 1.82) is 0 Å². The van der Waals surface area contributed by atoms with E-state index in [-0.39, 0.29) is 5.91 Å². The van der Waals surface area contributed by atoms with Gasteiger partial charge >= 0.3 is 0 Å². The van der Waals surface area contributed by atoms with Crippen molar-refractivity contribution in [3.63, 3.8) is 0 Å². The first kappa shape index (κ1) is 13.5. The molecule has 18 heavy (non-hydrogen) atoms. The van der Waals surface area contributed by atoms with E-state index in [1.54, 1.807) is 11.8 Å². The van der Waals surface area contributed by atoms with Gasteiger partial charge in [0.25, 0.3) is 0 Å². The van der Waals surface area contributed by atoms with Crippen LogP contribution in [0.4, 0.5) is 5.13 Å². The summed E-state index contributed by atoms with van der Waals surface area (Å²) in [7, 11) is 0. The van der Waals surface area contributed by atoms with Crippen molar-refractivity contribution < 1.29 is 4.79 Å². The molecule has 1 N–H and O–H groups in total. The van der Waals surface area contributed by atoms with Crippen LogP contribution >= 0.6 is 11.3 Å². The summed E-state index contributed by atoms with van der Waals surface area (Å²) in [5.41, 5.74) is 1.03. The first-order valence-electron chi connectivity index (χ1n) is 6.55. The number of hydrogen-bond donors (Lipinski definition) is 1. The molecule has 2 atom stereocenters. The number of rotatable bonds is 6. The van der Waals surface area contributed by atoms with Crippen LogP contribution in [-0.2, 0) is 11.3 Å². The third kappa shape index (κ3) is 3.29. The quantitative estimate of drug-likeness (QED) is 0.860. The molecule has 0 bridgehead atoms. The first-order chi connectivity index (χ1) is 8.61. The van der Waals surface area contributed by atoms with Gasteiger partial charge in [-0.05, 0) is 31.7 Å². The lowest BCUT2D eigenvalue weighted by Crippen LogP contribution is -2.27. The molecule has 0 saturated heterocycles. The van der Waals surface area contributed by atoms with Crippen LogP contribution in [0, 0.1) is 11.8 Å². The van der Waals surface area contributed by atoms with Crippen molar-refractivity contribution in [2.75, 3.05) is 18.0 Å². The second kappa shape index (κ2) is 5.80. The van der Waals surface area contributed by atoms with E-state index in [4.69, 9.17) is 0 Å². The topological polar surface area (TPSA) is 45.2 Å². The summed E-state index contributed by atoms with van der Waals surface area (Å²) in [5.74, 6) is 1.79. The van der Waals surface area contributed by atoms with E-state index in [2.05, 4.69) is 17.2 Å². The molecule has 1 saturated carbocycles. The van der Waals surface area contributed by atoms with Crippen LogP contribution in [0.5, 0.6) is 0 Å². The van der Waals surface area contributed by atoms with Gasteiger partial charge in [-0.1, -0.05) is 6.92 Å². The Balaban J connectivity index is 1.83. The van der Waals surface area contributed by atoms with Gasteiger partial charge < -0.3 is 5.32 Å². The van der Waals surface area contributed by atoms with Crippen molar-refractivity contribution in [2.45, 2.75) is 33.7 Å². The molecule has 1 heterocycles. The fraction of sp³-hybridized carbons (Fsp3) is 0.692. The van der Waals surface area contributed by atoms with Crippen LogP contribution in [-0.4, -0.2) is 24.0 Å². The number of nitrogens with one attached hydrogen (secondary N) is 1. The van der Waals surface area contributed by atoms with Crippen molar-refractivity contribution in [3.05, 3.63) is 11.1 Å². The van der Waals surface area contributed by atoms with E-state index < -0.39 is 0 Å². The minimum absolute atomic E-state index is 0.0539. The van der Waals surface area contributed by atoms with Gasteiger partial charge in [-0.2, -0.15) is 0 Å². The summed E-state index contributed by atoms with van der Waals surface area (Å²) >= 11 is 1.54. The normalized spacial score (nSPS) is 21.9. The minimum atomic E-state index is 0.0539. The standard InChI is InChI=1S/C13H21N3OS/c1-4-16(10(3)17)13-15-12(8-18-13)7-14-6-11-5-9(11)2/h8-9,11,14H,4-7H2,1-3H3. The van der Waals surface area contributed by atoms with E-state index in [1.807, 2.05) is 12.3 Å². The summed E-state index contributed by atoms with van der Waals surface area (Å²) in [6.07, 6.45) is 1.35. The maximum absolute atomic E-state index is 11.4. The zero-order chi connectivity index (χ0) is 13.1. The van der Waals surface area contributed by atoms with Crippen molar-refractivity contribution in [1.82, 2.24) is 10.3 Å². The molecule has 0 spiro atoms. The van der Waals surface area contributed by atoms with Crippen molar-refractivity contribution in [2.24, 2.45) is 11.8 Å². The van der Waals surface area contributed by atoms with Crippen LogP contribution in [0.25, 0.3) is 0 Å². The van der Waals surface area contributed by atoms with Crippen molar-refractivity contribution >= 4 is 22.4 Å². The maximum atomic E-state index is 11.4. The molecule has 1 aliphatic carbocycles. The predicted molar refractivity (Wildman–Crippen MR) is 74.8 cm³/mol. The molecular formula is C13H21N3OS. The number of thiazole rings is 1. The van der Waals surface area contributed by atoms with Gasteiger partial charge in [0.05, 0.1) is 5.69 Å². The maximum Gasteiger partial charge on any atom is 0.225 e. The van der Waals surface area contributed by atoms with E-state index in [0.717, 1.165) is 35.8 Å². The second-order valence-corrected chi connectivity index (χ2v) is 5.83. The molecular weight excluding hydrogens is 246 g/mol. The van der Waals surface area contributed by atoms with Gasteiger partial charge in [0, 0.05) is 25.4 Å². The van der Waals surface area contributed by atoms with Crippen LogP contribution in [0.3, 0.4) is 0 Å². The van der Waals surface area contributed by atoms with Gasteiger partial charge in [-0.15, -0.1) is 11.3 Å². The van der Waals surface area contributed by atoms with Crippen LogP contribution in [0.2, 0.25) is 0 Å². The smallest absolute Gasteiger partial charge is 0.225 e. The molecule has 1 aromatic rings. The zero-order valence-electron chi connectivity index (χ0n) is 11.3. The van der Waals surface area contributed by atoms with Crippen LogP contribution in [0.15, 0.2) is 5.38 Å². The summed E-state index contributed by atoms with van der Waals surface area (Å²) in [5, 5.41) is 6.27. The van der Waals surface area contributed by atoms with E-state index in [1.165, 1.54) is 17.8 Å². The van der Waals surface area contributed by atoms with E-state index >= 15 is 0 Å². The molecule has 0 aromatic carbocycles. The number of anilines is 1. The summed E-state index contributed by atoms with van der Waals surface area (Å²) in [6.45, 7) is 8.40. The molecule has 4 nitrogen and oxygen atoms in total. The average molecular weight is 267 g/mol. The monoisotopic (exact) mass is 267 g/mol. The molecule has 1 aromatic heterocycles. The fourth-order valence-electron chi connectivity index (χ4n) is 2.06. The minimum Gasteiger partial charge on any atom is -0.311 e. The van der Waals surface area contributed by atoms with E-state index in [0.29, 0.717) is 6.54 Å². The molecule has 0 radical (unpaired) electrons. The van der Waals surface area contributed by atoms with Gasteiger partial charge in [0.1, 0.15) is 0 Å². The number of carbonyl (C=O) groups excluding carboxylic acids is 1. The molecule has 0 aliphatic heterocycles. The average Bonchev–Trinajstić information content (AvgIpc) is 2.83.